The average molecular weight is 385 g/mol. The Balaban J connectivity index is 1.34. The molecule has 2 amide bonds. The summed E-state index contributed by atoms with van der Waals surface area (Å²) in [4.78, 5) is 26.2. The molecule has 2 aliphatic carbocycles. The summed E-state index contributed by atoms with van der Waals surface area (Å²) in [6.45, 7) is 8.51. The maximum atomic E-state index is 12.9. The van der Waals surface area contributed by atoms with E-state index in [0.717, 1.165) is 32.4 Å². The van der Waals surface area contributed by atoms with Crippen molar-refractivity contribution in [2.24, 2.45) is 11.8 Å². The molecule has 0 aromatic heterocycles. The maximum Gasteiger partial charge on any atom is 0.407 e. The zero-order chi connectivity index (χ0) is 20.1. The van der Waals surface area contributed by atoms with Gasteiger partial charge in [0.2, 0.25) is 5.91 Å². The molecule has 1 aromatic carbocycles. The molecular formula is C23H32N2O3. The van der Waals surface area contributed by atoms with E-state index in [1.807, 2.05) is 0 Å². The molecule has 2 unspecified atom stereocenters. The lowest BCUT2D eigenvalue weighted by Crippen LogP contribution is -2.52. The number of hydrogen-bond donors (Lipinski definition) is 1. The molecule has 28 heavy (non-hydrogen) atoms. The van der Waals surface area contributed by atoms with Gasteiger partial charge in [-0.05, 0) is 48.1 Å². The van der Waals surface area contributed by atoms with Gasteiger partial charge in [-0.2, -0.15) is 0 Å². The molecule has 1 N–H and O–H groups in total. The van der Waals surface area contributed by atoms with E-state index in [9.17, 15) is 9.59 Å². The van der Waals surface area contributed by atoms with Crippen LogP contribution in [0.25, 0.3) is 0 Å². The largest absolute Gasteiger partial charge is 0.453 e. The van der Waals surface area contributed by atoms with E-state index in [2.05, 4.69) is 60.0 Å². The van der Waals surface area contributed by atoms with E-state index >= 15 is 0 Å². The zero-order valence-corrected chi connectivity index (χ0v) is 17.5. The van der Waals surface area contributed by atoms with Crippen LogP contribution in [0.3, 0.4) is 0 Å². The van der Waals surface area contributed by atoms with E-state index in [-0.39, 0.29) is 28.7 Å². The van der Waals surface area contributed by atoms with Gasteiger partial charge in [0.05, 0.1) is 7.11 Å². The highest BCUT2D eigenvalue weighted by atomic mass is 16.5. The van der Waals surface area contributed by atoms with Crippen molar-refractivity contribution in [2.45, 2.75) is 63.3 Å². The third kappa shape index (κ3) is 3.40. The number of alkyl carbamates (subject to hydrolysis) is 1. The molecule has 2 atom stereocenters. The third-order valence-corrected chi connectivity index (χ3v) is 7.11. The first-order valence-corrected chi connectivity index (χ1v) is 10.5. The highest BCUT2D eigenvalue weighted by Gasteiger charge is 2.58. The summed E-state index contributed by atoms with van der Waals surface area (Å²) in [6, 6.07) is 9.17. The fourth-order valence-corrected chi connectivity index (χ4v) is 5.03. The predicted octanol–water partition coefficient (Wildman–Crippen LogP) is 3.61. The number of methoxy groups -OCH3 is 1. The molecule has 3 fully saturated rings. The minimum absolute atomic E-state index is 0.0534. The second kappa shape index (κ2) is 6.78. The number of likely N-dealkylation sites (tertiary alicyclic amines) is 1. The summed E-state index contributed by atoms with van der Waals surface area (Å²) < 4.78 is 4.63. The monoisotopic (exact) mass is 384 g/mol. The molecule has 0 bridgehead atoms. The van der Waals surface area contributed by atoms with E-state index < -0.39 is 6.09 Å². The van der Waals surface area contributed by atoms with Crippen LogP contribution < -0.4 is 5.32 Å². The lowest BCUT2D eigenvalue weighted by molar-refractivity contribution is -0.140. The van der Waals surface area contributed by atoms with Crippen LogP contribution in [0.2, 0.25) is 0 Å². The van der Waals surface area contributed by atoms with Gasteiger partial charge in [0, 0.05) is 30.5 Å². The van der Waals surface area contributed by atoms with Gasteiger partial charge in [0.15, 0.2) is 0 Å². The molecule has 1 aliphatic heterocycles. The second-order valence-corrected chi connectivity index (χ2v) is 9.92. The SMILES string of the molecule is COC(=O)NC1CC(C(=O)N2CCC3(c4cccc(C(C)(C)C)c4)CC3C2)C1. The highest BCUT2D eigenvalue weighted by molar-refractivity contribution is 5.80. The molecule has 0 radical (unpaired) electrons. The van der Waals surface area contributed by atoms with E-state index in [4.69, 9.17) is 0 Å². The first-order valence-electron chi connectivity index (χ1n) is 10.5. The van der Waals surface area contributed by atoms with Crippen LogP contribution in [0.1, 0.15) is 57.6 Å². The standard InChI is InChI=1S/C23H32N2O3/c1-22(2,3)16-6-5-7-17(12-16)23-8-9-25(14-18(23)13-23)20(26)15-10-19(11-15)24-21(27)28-4/h5-7,12,15,18-19H,8-11,13-14H2,1-4H3,(H,24,27). The summed E-state index contributed by atoms with van der Waals surface area (Å²) in [5.74, 6) is 0.911. The summed E-state index contributed by atoms with van der Waals surface area (Å²) >= 11 is 0. The van der Waals surface area contributed by atoms with Crippen LogP contribution in [0.5, 0.6) is 0 Å². The Hall–Kier alpha value is -2.04. The molecular weight excluding hydrogens is 352 g/mol. The fourth-order valence-electron chi connectivity index (χ4n) is 5.03. The zero-order valence-electron chi connectivity index (χ0n) is 17.5. The normalized spacial score (nSPS) is 31.4. The van der Waals surface area contributed by atoms with Crippen LogP contribution in [0, 0.1) is 11.8 Å². The summed E-state index contributed by atoms with van der Waals surface area (Å²) in [5, 5.41) is 2.78. The van der Waals surface area contributed by atoms with Crippen molar-refractivity contribution in [3.63, 3.8) is 0 Å². The number of rotatable bonds is 3. The van der Waals surface area contributed by atoms with Gasteiger partial charge in [0.1, 0.15) is 0 Å². The maximum absolute atomic E-state index is 12.9. The summed E-state index contributed by atoms with van der Waals surface area (Å²) in [7, 11) is 1.36. The Labute approximate surface area is 167 Å². The van der Waals surface area contributed by atoms with Gasteiger partial charge >= 0.3 is 6.09 Å². The number of carbonyl (C=O) groups is 2. The van der Waals surface area contributed by atoms with E-state index in [1.165, 1.54) is 24.7 Å². The first kappa shape index (κ1) is 19.3. The number of hydrogen-bond acceptors (Lipinski definition) is 3. The Morgan fingerprint density at radius 2 is 2.00 bits per heavy atom. The quantitative estimate of drug-likeness (QED) is 0.866. The second-order valence-electron chi connectivity index (χ2n) is 9.92. The van der Waals surface area contributed by atoms with Gasteiger partial charge in [-0.25, -0.2) is 4.79 Å². The Kier molecular flexibility index (Phi) is 4.67. The molecule has 152 valence electrons. The smallest absolute Gasteiger partial charge is 0.407 e. The Bertz CT molecular complexity index is 778. The van der Waals surface area contributed by atoms with Crippen molar-refractivity contribution < 1.29 is 14.3 Å². The average Bonchev–Trinajstić information content (AvgIpc) is 3.38. The van der Waals surface area contributed by atoms with Gasteiger partial charge in [-0.3, -0.25) is 4.79 Å². The first-order chi connectivity index (χ1) is 13.2. The molecule has 1 heterocycles. The van der Waals surface area contributed by atoms with Gasteiger partial charge < -0.3 is 15.0 Å². The van der Waals surface area contributed by atoms with E-state index in [0.29, 0.717) is 5.92 Å². The van der Waals surface area contributed by atoms with Gasteiger partial charge in [0.25, 0.3) is 0 Å². The third-order valence-electron chi connectivity index (χ3n) is 7.11. The summed E-state index contributed by atoms with van der Waals surface area (Å²) in [5.41, 5.74) is 3.30. The van der Waals surface area contributed by atoms with Crippen LogP contribution in [0.15, 0.2) is 24.3 Å². The summed E-state index contributed by atoms with van der Waals surface area (Å²) in [6.07, 6.45) is 3.31. The number of ether oxygens (including phenoxy) is 1. The highest BCUT2D eigenvalue weighted by Crippen LogP contribution is 2.59. The Morgan fingerprint density at radius 1 is 1.25 bits per heavy atom. The van der Waals surface area contributed by atoms with Crippen molar-refractivity contribution >= 4 is 12.0 Å². The lowest BCUT2D eigenvalue weighted by Gasteiger charge is -2.40. The number of piperidine rings is 1. The lowest BCUT2D eigenvalue weighted by atomic mass is 9.78. The molecule has 4 rings (SSSR count). The van der Waals surface area contributed by atoms with Crippen LogP contribution in [0.4, 0.5) is 4.79 Å². The predicted molar refractivity (Wildman–Crippen MR) is 108 cm³/mol. The minimum Gasteiger partial charge on any atom is -0.453 e. The molecule has 5 nitrogen and oxygen atoms in total. The number of nitrogens with zero attached hydrogens (tertiary/aromatic N) is 1. The minimum atomic E-state index is -0.408. The molecule has 5 heteroatoms. The van der Waals surface area contributed by atoms with Gasteiger partial charge in [-0.15, -0.1) is 0 Å². The topological polar surface area (TPSA) is 58.6 Å². The number of fused-ring (bicyclic) bond motifs is 1. The number of benzene rings is 1. The Morgan fingerprint density at radius 3 is 2.64 bits per heavy atom. The van der Waals surface area contributed by atoms with Crippen molar-refractivity contribution in [2.75, 3.05) is 20.2 Å². The molecule has 0 spiro atoms. The number of nitrogens with one attached hydrogen (secondary N) is 1. The number of amides is 2. The fraction of sp³-hybridized carbons (Fsp3) is 0.652. The molecule has 1 aromatic rings. The molecule has 3 aliphatic rings. The van der Waals surface area contributed by atoms with Crippen LogP contribution in [-0.2, 0) is 20.4 Å². The van der Waals surface area contributed by atoms with Crippen LogP contribution in [-0.4, -0.2) is 43.1 Å². The number of carbonyl (C=O) groups excluding carboxylic acids is 2. The van der Waals surface area contributed by atoms with E-state index in [1.54, 1.807) is 0 Å². The van der Waals surface area contributed by atoms with Gasteiger partial charge in [-0.1, -0.05) is 45.0 Å². The van der Waals surface area contributed by atoms with Crippen LogP contribution >= 0.6 is 0 Å². The van der Waals surface area contributed by atoms with Crippen molar-refractivity contribution in [3.05, 3.63) is 35.4 Å². The molecule has 1 saturated heterocycles. The van der Waals surface area contributed by atoms with Crippen molar-refractivity contribution in [1.29, 1.82) is 0 Å². The molecule has 2 saturated carbocycles. The van der Waals surface area contributed by atoms with Crippen molar-refractivity contribution in [3.8, 4) is 0 Å². The van der Waals surface area contributed by atoms with Crippen molar-refractivity contribution in [1.82, 2.24) is 10.2 Å².